The van der Waals surface area contributed by atoms with E-state index >= 15 is 0 Å². The van der Waals surface area contributed by atoms with Gasteiger partial charge >= 0.3 is 0 Å². The molecule has 1 atom stereocenters. The molecule has 1 N–H and O–H groups in total. The molecule has 1 saturated carbocycles. The van der Waals surface area contributed by atoms with Crippen LogP contribution in [0.4, 0.5) is 0 Å². The minimum Gasteiger partial charge on any atom is -0.451 e. The Balaban J connectivity index is 1.47. The van der Waals surface area contributed by atoms with Crippen LogP contribution in [0.25, 0.3) is 11.0 Å². The number of amides is 1. The number of carbonyl (C=O) groups excluding carboxylic acids is 1. The number of imidazole rings is 1. The molecule has 27 heavy (non-hydrogen) atoms. The van der Waals surface area contributed by atoms with Crippen LogP contribution in [0.5, 0.6) is 0 Å². The number of hydrogen-bond acceptors (Lipinski definition) is 4. The number of furan rings is 1. The van der Waals surface area contributed by atoms with Gasteiger partial charge in [-0.05, 0) is 49.9 Å². The minimum atomic E-state index is -0.0328. The van der Waals surface area contributed by atoms with Gasteiger partial charge < -0.3 is 19.2 Å². The van der Waals surface area contributed by atoms with E-state index in [0.29, 0.717) is 12.3 Å². The van der Waals surface area contributed by atoms with Crippen molar-refractivity contribution in [2.45, 2.75) is 31.8 Å². The first-order valence-corrected chi connectivity index (χ1v) is 9.63. The molecule has 0 bridgehead atoms. The fraction of sp³-hybridized carbons (Fsp3) is 0.429. The predicted molar refractivity (Wildman–Crippen MR) is 102 cm³/mol. The standard InChI is InChI=1S/C21H24N4O2/c1-24-11-10-23-19(24)14-25(18-13-21(18)6-8-22-9-7-21)20(26)17-12-15-4-2-3-5-16(15)27-17/h2-5,10-12,18,22H,6-9,13-14H2,1H3/t18-/m0/s1. The Morgan fingerprint density at radius 1 is 1.37 bits per heavy atom. The molecule has 2 aromatic heterocycles. The van der Waals surface area contributed by atoms with E-state index in [1.807, 2.05) is 53.0 Å². The second-order valence-electron chi connectivity index (χ2n) is 7.87. The minimum absolute atomic E-state index is 0.0328. The number of nitrogens with one attached hydrogen (secondary N) is 1. The summed E-state index contributed by atoms with van der Waals surface area (Å²) < 4.78 is 7.87. The summed E-state index contributed by atoms with van der Waals surface area (Å²) >= 11 is 0. The Kier molecular flexibility index (Phi) is 3.82. The summed E-state index contributed by atoms with van der Waals surface area (Å²) in [5.74, 6) is 1.28. The van der Waals surface area contributed by atoms with Crippen LogP contribution in [-0.2, 0) is 13.6 Å². The molecule has 0 unspecified atom stereocenters. The van der Waals surface area contributed by atoms with E-state index in [1.165, 1.54) is 0 Å². The third-order valence-corrected chi connectivity index (χ3v) is 6.25. The Labute approximate surface area is 158 Å². The molecule has 1 spiro atoms. The Bertz CT molecular complexity index is 950. The number of aromatic nitrogens is 2. The third-order valence-electron chi connectivity index (χ3n) is 6.25. The highest BCUT2D eigenvalue weighted by molar-refractivity contribution is 5.96. The van der Waals surface area contributed by atoms with Crippen LogP contribution in [-0.4, -0.2) is 39.5 Å². The second-order valence-corrected chi connectivity index (χ2v) is 7.87. The number of hydrogen-bond donors (Lipinski definition) is 1. The molecule has 0 radical (unpaired) electrons. The van der Waals surface area contributed by atoms with Crippen LogP contribution in [0.1, 0.15) is 35.6 Å². The van der Waals surface area contributed by atoms with Crippen LogP contribution < -0.4 is 5.32 Å². The highest BCUT2D eigenvalue weighted by Crippen LogP contribution is 2.56. The number of aryl methyl sites for hydroxylation is 1. The lowest BCUT2D eigenvalue weighted by Gasteiger charge is -2.29. The van der Waals surface area contributed by atoms with E-state index in [4.69, 9.17) is 4.42 Å². The zero-order chi connectivity index (χ0) is 18.4. The molecule has 1 aromatic carbocycles. The highest BCUT2D eigenvalue weighted by atomic mass is 16.3. The molecule has 1 aliphatic carbocycles. The number of carbonyl (C=O) groups is 1. The summed E-state index contributed by atoms with van der Waals surface area (Å²) in [5.41, 5.74) is 1.02. The van der Waals surface area contributed by atoms with Gasteiger partial charge in [-0.25, -0.2) is 4.98 Å². The van der Waals surface area contributed by atoms with E-state index in [9.17, 15) is 4.79 Å². The van der Waals surface area contributed by atoms with Crippen LogP contribution in [0.15, 0.2) is 47.1 Å². The molecule has 5 rings (SSSR count). The van der Waals surface area contributed by atoms with Crippen LogP contribution >= 0.6 is 0 Å². The summed E-state index contributed by atoms with van der Waals surface area (Å²) in [6.45, 7) is 2.58. The van der Waals surface area contributed by atoms with Crippen LogP contribution in [0.3, 0.4) is 0 Å². The third kappa shape index (κ3) is 2.84. The molecule has 6 nitrogen and oxygen atoms in total. The Morgan fingerprint density at radius 2 is 2.19 bits per heavy atom. The van der Waals surface area contributed by atoms with Gasteiger partial charge in [-0.2, -0.15) is 0 Å². The smallest absolute Gasteiger partial charge is 0.290 e. The molecule has 140 valence electrons. The molecule has 1 aliphatic heterocycles. The molecular formula is C21H24N4O2. The Hall–Kier alpha value is -2.60. The maximum atomic E-state index is 13.4. The van der Waals surface area contributed by atoms with E-state index in [2.05, 4.69) is 10.3 Å². The van der Waals surface area contributed by atoms with Gasteiger partial charge in [-0.3, -0.25) is 4.79 Å². The first-order chi connectivity index (χ1) is 13.2. The second kappa shape index (κ2) is 6.23. The maximum Gasteiger partial charge on any atom is 0.290 e. The largest absolute Gasteiger partial charge is 0.451 e. The van der Waals surface area contributed by atoms with Gasteiger partial charge in [0.25, 0.3) is 5.91 Å². The summed E-state index contributed by atoms with van der Waals surface area (Å²) in [4.78, 5) is 19.9. The van der Waals surface area contributed by atoms with Gasteiger partial charge in [-0.15, -0.1) is 0 Å². The van der Waals surface area contributed by atoms with Crippen molar-refractivity contribution in [1.82, 2.24) is 19.8 Å². The average molecular weight is 364 g/mol. The van der Waals surface area contributed by atoms with Gasteiger partial charge in [0.2, 0.25) is 0 Å². The van der Waals surface area contributed by atoms with Crippen molar-refractivity contribution in [3.05, 3.63) is 54.3 Å². The zero-order valence-electron chi connectivity index (χ0n) is 15.5. The number of piperidine rings is 1. The van der Waals surface area contributed by atoms with Crippen molar-refractivity contribution in [2.75, 3.05) is 13.1 Å². The number of benzene rings is 1. The first-order valence-electron chi connectivity index (χ1n) is 9.63. The summed E-state index contributed by atoms with van der Waals surface area (Å²) in [6, 6.07) is 9.89. The number of para-hydroxylation sites is 1. The van der Waals surface area contributed by atoms with Crippen molar-refractivity contribution in [1.29, 1.82) is 0 Å². The fourth-order valence-corrected chi connectivity index (χ4v) is 4.48. The van der Waals surface area contributed by atoms with Crippen molar-refractivity contribution in [2.24, 2.45) is 12.5 Å². The lowest BCUT2D eigenvalue weighted by atomic mass is 9.93. The molecule has 2 aliphatic rings. The fourth-order valence-electron chi connectivity index (χ4n) is 4.48. The molecule has 1 saturated heterocycles. The summed E-state index contributed by atoms with van der Waals surface area (Å²) in [6.07, 6.45) is 7.04. The summed E-state index contributed by atoms with van der Waals surface area (Å²) in [7, 11) is 1.97. The van der Waals surface area contributed by atoms with Gasteiger partial charge in [0, 0.05) is 30.9 Å². The van der Waals surface area contributed by atoms with Gasteiger partial charge in [0.1, 0.15) is 11.4 Å². The number of nitrogens with zero attached hydrogens (tertiary/aromatic N) is 3. The Morgan fingerprint density at radius 3 is 2.93 bits per heavy atom. The highest BCUT2D eigenvalue weighted by Gasteiger charge is 2.58. The van der Waals surface area contributed by atoms with E-state index in [0.717, 1.165) is 49.1 Å². The van der Waals surface area contributed by atoms with Crippen molar-refractivity contribution >= 4 is 16.9 Å². The van der Waals surface area contributed by atoms with E-state index < -0.39 is 0 Å². The first kappa shape index (κ1) is 16.6. The molecule has 3 heterocycles. The SMILES string of the molecule is Cn1ccnc1CN(C(=O)c1cc2ccccc2o1)[C@H]1CC12CCNCC2. The number of rotatable bonds is 4. The molecule has 3 aromatic rings. The molecule has 2 fully saturated rings. The maximum absolute atomic E-state index is 13.4. The number of fused-ring (bicyclic) bond motifs is 1. The van der Waals surface area contributed by atoms with E-state index in [-0.39, 0.29) is 17.4 Å². The predicted octanol–water partition coefficient (Wildman–Crippen LogP) is 2.95. The lowest BCUT2D eigenvalue weighted by molar-refractivity contribution is 0.0655. The topological polar surface area (TPSA) is 63.3 Å². The van der Waals surface area contributed by atoms with Crippen LogP contribution in [0, 0.1) is 5.41 Å². The molecule has 1 amide bonds. The van der Waals surface area contributed by atoms with E-state index in [1.54, 1.807) is 6.20 Å². The van der Waals surface area contributed by atoms with Crippen molar-refractivity contribution in [3.8, 4) is 0 Å². The average Bonchev–Trinajstić information content (AvgIpc) is 3.04. The summed E-state index contributed by atoms with van der Waals surface area (Å²) in [5, 5.41) is 4.40. The molecular weight excluding hydrogens is 340 g/mol. The quantitative estimate of drug-likeness (QED) is 0.773. The van der Waals surface area contributed by atoms with Gasteiger partial charge in [-0.1, -0.05) is 18.2 Å². The van der Waals surface area contributed by atoms with Gasteiger partial charge in [0.05, 0.1) is 6.54 Å². The normalized spacial score (nSPS) is 20.9. The van der Waals surface area contributed by atoms with Gasteiger partial charge in [0.15, 0.2) is 5.76 Å². The van der Waals surface area contributed by atoms with Crippen molar-refractivity contribution < 1.29 is 9.21 Å². The molecule has 6 heteroatoms. The lowest BCUT2D eigenvalue weighted by Crippen LogP contribution is -2.39. The monoisotopic (exact) mass is 364 g/mol. The zero-order valence-corrected chi connectivity index (χ0v) is 15.5. The van der Waals surface area contributed by atoms with Crippen LogP contribution in [0.2, 0.25) is 0 Å². The van der Waals surface area contributed by atoms with Crippen molar-refractivity contribution in [3.63, 3.8) is 0 Å².